The molecule has 9 heteroatoms. The van der Waals surface area contributed by atoms with Crippen LogP contribution in [0.3, 0.4) is 0 Å². The van der Waals surface area contributed by atoms with Crippen LogP contribution in [0.2, 0.25) is 36.3 Å². The topological polar surface area (TPSA) is 82.6 Å². The van der Waals surface area contributed by atoms with Gasteiger partial charge < -0.3 is 13.6 Å². The van der Waals surface area contributed by atoms with Crippen LogP contribution >= 0.6 is 0 Å². The average Bonchev–Trinajstić information content (AvgIpc) is 2.81. The van der Waals surface area contributed by atoms with Crippen molar-refractivity contribution >= 4 is 16.6 Å². The standard InChI is InChI=1S/C21H38N2O5Si2/c1-14-16(27-29(8,9)20(2,3)4)17(28-30(10,11)21(5,6)7)18(26-14)23-13-12-15(24)22-19(23)25/h12-13,16-18H,1H2,2-11H3,(H,22,24,25)/t16-,17+,18-/m1/s1. The third-order valence-corrected chi connectivity index (χ3v) is 15.7. The number of nitrogens with one attached hydrogen (secondary N) is 1. The van der Waals surface area contributed by atoms with Gasteiger partial charge in [-0.05, 0) is 36.3 Å². The van der Waals surface area contributed by atoms with E-state index in [1.807, 2.05) is 0 Å². The van der Waals surface area contributed by atoms with Crippen molar-refractivity contribution in [3.8, 4) is 0 Å². The van der Waals surface area contributed by atoms with Crippen LogP contribution in [-0.2, 0) is 13.6 Å². The lowest BCUT2D eigenvalue weighted by atomic mass is 10.2. The van der Waals surface area contributed by atoms with Crippen LogP contribution in [-0.4, -0.2) is 38.4 Å². The second-order valence-electron chi connectivity index (χ2n) is 11.1. The summed E-state index contributed by atoms with van der Waals surface area (Å²) in [6.45, 7) is 25.7. The SMILES string of the molecule is C=C1O[C@@H](n2ccc(=O)[nH]c2=O)[C@@H](O[Si](C)(C)C(C)(C)C)[C@@H]1O[Si](C)(C)C(C)(C)C. The highest BCUT2D eigenvalue weighted by Gasteiger charge is 2.52. The largest absolute Gasteiger partial charge is 0.469 e. The second-order valence-corrected chi connectivity index (χ2v) is 20.6. The van der Waals surface area contributed by atoms with Crippen molar-refractivity contribution in [2.24, 2.45) is 0 Å². The Morgan fingerprint density at radius 1 is 1.00 bits per heavy atom. The summed E-state index contributed by atoms with van der Waals surface area (Å²) in [7, 11) is -4.42. The molecule has 2 rings (SSSR count). The van der Waals surface area contributed by atoms with Crippen molar-refractivity contribution in [1.29, 1.82) is 0 Å². The molecular formula is C21H38N2O5Si2. The van der Waals surface area contributed by atoms with Gasteiger partial charge in [-0.1, -0.05) is 48.1 Å². The van der Waals surface area contributed by atoms with E-state index >= 15 is 0 Å². The van der Waals surface area contributed by atoms with E-state index in [0.717, 1.165) is 0 Å². The van der Waals surface area contributed by atoms with E-state index in [0.29, 0.717) is 5.76 Å². The Kier molecular flexibility index (Phi) is 6.56. The summed E-state index contributed by atoms with van der Waals surface area (Å²) in [4.78, 5) is 26.4. The first-order valence-corrected chi connectivity index (χ1v) is 16.2. The molecule has 1 aromatic rings. The highest BCUT2D eigenvalue weighted by molar-refractivity contribution is 6.74. The minimum Gasteiger partial charge on any atom is -0.469 e. The third kappa shape index (κ3) is 4.90. The molecule has 2 heterocycles. The van der Waals surface area contributed by atoms with E-state index in [-0.39, 0.29) is 10.1 Å². The highest BCUT2D eigenvalue weighted by atomic mass is 28.4. The zero-order valence-electron chi connectivity index (χ0n) is 20.1. The molecule has 0 saturated carbocycles. The van der Waals surface area contributed by atoms with Gasteiger partial charge in [-0.15, -0.1) is 0 Å². The van der Waals surface area contributed by atoms with Gasteiger partial charge in [0.1, 0.15) is 18.0 Å². The number of H-pyrrole nitrogens is 1. The molecule has 7 nitrogen and oxygen atoms in total. The van der Waals surface area contributed by atoms with Crippen LogP contribution in [0.5, 0.6) is 0 Å². The first-order valence-electron chi connectivity index (χ1n) is 10.4. The predicted molar refractivity (Wildman–Crippen MR) is 125 cm³/mol. The van der Waals surface area contributed by atoms with E-state index in [1.165, 1.54) is 16.8 Å². The lowest BCUT2D eigenvalue weighted by Crippen LogP contribution is -2.52. The number of rotatable bonds is 5. The molecule has 1 fully saturated rings. The van der Waals surface area contributed by atoms with Crippen molar-refractivity contribution < 1.29 is 13.6 Å². The maximum absolute atomic E-state index is 12.5. The number of aromatic nitrogens is 2. The number of nitrogens with zero attached hydrogens (tertiary/aromatic N) is 1. The van der Waals surface area contributed by atoms with Gasteiger partial charge in [-0.2, -0.15) is 0 Å². The van der Waals surface area contributed by atoms with Gasteiger partial charge in [0.2, 0.25) is 6.23 Å². The Bertz CT molecular complexity index is 905. The van der Waals surface area contributed by atoms with Gasteiger partial charge in [0.05, 0.1) is 0 Å². The van der Waals surface area contributed by atoms with E-state index in [1.54, 1.807) is 0 Å². The van der Waals surface area contributed by atoms with Crippen LogP contribution in [0, 0.1) is 0 Å². The van der Waals surface area contributed by atoms with E-state index in [2.05, 4.69) is 79.3 Å². The Labute approximate surface area is 181 Å². The first kappa shape index (κ1) is 24.8. The summed E-state index contributed by atoms with van der Waals surface area (Å²) in [5.74, 6) is 0.451. The Balaban J connectivity index is 2.54. The van der Waals surface area contributed by atoms with Crippen LogP contribution in [0.4, 0.5) is 0 Å². The maximum atomic E-state index is 12.5. The van der Waals surface area contributed by atoms with E-state index < -0.39 is 46.3 Å². The molecule has 0 amide bonds. The highest BCUT2D eigenvalue weighted by Crippen LogP contribution is 2.45. The molecule has 30 heavy (non-hydrogen) atoms. The van der Waals surface area contributed by atoms with Crippen LogP contribution in [0.1, 0.15) is 47.8 Å². The van der Waals surface area contributed by atoms with E-state index in [9.17, 15) is 9.59 Å². The Hall–Kier alpha value is -1.43. The first-order chi connectivity index (χ1) is 13.4. The zero-order chi connectivity index (χ0) is 23.3. The summed E-state index contributed by atoms with van der Waals surface area (Å²) < 4.78 is 20.9. The molecule has 1 aliphatic heterocycles. The molecule has 0 bridgehead atoms. The predicted octanol–water partition coefficient (Wildman–Crippen LogP) is 4.36. The molecule has 0 aromatic carbocycles. The fraction of sp³-hybridized carbons (Fsp3) is 0.714. The van der Waals surface area contributed by atoms with Gasteiger partial charge in [0.15, 0.2) is 16.6 Å². The smallest absolute Gasteiger partial charge is 0.331 e. The fourth-order valence-electron chi connectivity index (χ4n) is 2.73. The number of ether oxygens (including phenoxy) is 1. The van der Waals surface area contributed by atoms with Gasteiger partial charge in [0.25, 0.3) is 5.56 Å². The monoisotopic (exact) mass is 454 g/mol. The summed E-state index contributed by atoms with van der Waals surface area (Å²) >= 11 is 0. The fourth-order valence-corrected chi connectivity index (χ4v) is 5.26. The van der Waals surface area contributed by atoms with Crippen molar-refractivity contribution in [3.63, 3.8) is 0 Å². The molecule has 0 spiro atoms. The van der Waals surface area contributed by atoms with Gasteiger partial charge >= 0.3 is 5.69 Å². The lowest BCUT2D eigenvalue weighted by Gasteiger charge is -2.43. The zero-order valence-corrected chi connectivity index (χ0v) is 22.1. The quantitative estimate of drug-likeness (QED) is 0.669. The summed E-state index contributed by atoms with van der Waals surface area (Å²) in [5.41, 5.74) is -0.999. The maximum Gasteiger partial charge on any atom is 0.331 e. The normalized spacial score (nSPS) is 23.5. The lowest BCUT2D eigenvalue weighted by molar-refractivity contribution is -0.00649. The van der Waals surface area contributed by atoms with E-state index in [4.69, 9.17) is 13.6 Å². The van der Waals surface area contributed by atoms with Crippen molar-refractivity contribution in [2.75, 3.05) is 0 Å². The molecule has 0 unspecified atom stereocenters. The number of aromatic amines is 1. The van der Waals surface area contributed by atoms with Crippen molar-refractivity contribution in [1.82, 2.24) is 9.55 Å². The van der Waals surface area contributed by atoms with Crippen molar-refractivity contribution in [3.05, 3.63) is 45.4 Å². The summed E-state index contributed by atoms with van der Waals surface area (Å²) in [6, 6.07) is 1.30. The third-order valence-electron chi connectivity index (χ3n) is 6.76. The molecule has 0 radical (unpaired) electrons. The minimum absolute atomic E-state index is 0.0122. The molecule has 1 aliphatic rings. The second kappa shape index (κ2) is 7.92. The summed E-state index contributed by atoms with van der Waals surface area (Å²) in [5, 5.41) is -0.0549. The molecule has 1 N–H and O–H groups in total. The van der Waals surface area contributed by atoms with Gasteiger partial charge in [0, 0.05) is 12.3 Å². The average molecular weight is 455 g/mol. The summed E-state index contributed by atoms with van der Waals surface area (Å²) in [6.07, 6.45) is -0.360. The number of hydrogen-bond donors (Lipinski definition) is 1. The van der Waals surface area contributed by atoms with Crippen molar-refractivity contribution in [2.45, 2.75) is 96.2 Å². The molecule has 0 aliphatic carbocycles. The molecular weight excluding hydrogens is 416 g/mol. The van der Waals surface area contributed by atoms with Crippen LogP contribution in [0.25, 0.3) is 0 Å². The van der Waals surface area contributed by atoms with Gasteiger partial charge in [-0.25, -0.2) is 4.79 Å². The molecule has 1 saturated heterocycles. The van der Waals surface area contributed by atoms with Gasteiger partial charge in [-0.3, -0.25) is 14.3 Å². The Morgan fingerprint density at radius 2 is 1.50 bits per heavy atom. The molecule has 1 aromatic heterocycles. The minimum atomic E-state index is -2.24. The van der Waals surface area contributed by atoms with Crippen LogP contribution in [0.15, 0.2) is 34.2 Å². The number of hydrogen-bond acceptors (Lipinski definition) is 5. The molecule has 170 valence electrons. The molecule has 3 atom stereocenters. The Morgan fingerprint density at radius 3 is 1.97 bits per heavy atom. The van der Waals surface area contributed by atoms with Crippen LogP contribution < -0.4 is 11.2 Å².